The fourth-order valence-corrected chi connectivity index (χ4v) is 2.69. The van der Waals surface area contributed by atoms with Crippen molar-refractivity contribution in [3.63, 3.8) is 0 Å². The molecule has 0 radical (unpaired) electrons. The molecular formula is C8H19NO3S2. The molecule has 1 atom stereocenters. The highest BCUT2D eigenvalue weighted by atomic mass is 32.2. The van der Waals surface area contributed by atoms with Crippen molar-refractivity contribution in [3.05, 3.63) is 0 Å². The van der Waals surface area contributed by atoms with E-state index in [0.717, 1.165) is 0 Å². The molecule has 0 heterocycles. The van der Waals surface area contributed by atoms with Crippen molar-refractivity contribution in [2.24, 2.45) is 0 Å². The summed E-state index contributed by atoms with van der Waals surface area (Å²) in [6, 6.07) is 0. The fourth-order valence-electron chi connectivity index (χ4n) is 0.982. The van der Waals surface area contributed by atoms with Gasteiger partial charge < -0.3 is 5.32 Å². The van der Waals surface area contributed by atoms with Gasteiger partial charge in [-0.15, -0.1) is 0 Å². The summed E-state index contributed by atoms with van der Waals surface area (Å²) in [4.78, 5) is 0. The van der Waals surface area contributed by atoms with Gasteiger partial charge in [0.15, 0.2) is 9.84 Å². The molecule has 0 aliphatic carbocycles. The second-order valence-electron chi connectivity index (χ2n) is 3.18. The van der Waals surface area contributed by atoms with Gasteiger partial charge in [-0.1, -0.05) is 6.92 Å². The summed E-state index contributed by atoms with van der Waals surface area (Å²) in [6.45, 7) is 2.93. The zero-order valence-electron chi connectivity index (χ0n) is 8.78. The molecule has 0 aliphatic rings. The van der Waals surface area contributed by atoms with Crippen LogP contribution in [0.15, 0.2) is 0 Å². The molecule has 0 amide bonds. The Bertz CT molecular complexity index is 262. The molecule has 0 aromatic rings. The molecule has 0 spiro atoms. The third-order valence-electron chi connectivity index (χ3n) is 1.67. The van der Waals surface area contributed by atoms with Crippen molar-refractivity contribution in [1.29, 1.82) is 0 Å². The molecule has 0 aromatic heterocycles. The van der Waals surface area contributed by atoms with E-state index in [1.807, 2.05) is 6.92 Å². The van der Waals surface area contributed by atoms with E-state index in [-0.39, 0.29) is 11.5 Å². The maximum absolute atomic E-state index is 11.2. The van der Waals surface area contributed by atoms with Crippen molar-refractivity contribution >= 4 is 20.6 Å². The van der Waals surface area contributed by atoms with Crippen LogP contribution in [0.25, 0.3) is 0 Å². The summed E-state index contributed by atoms with van der Waals surface area (Å²) in [5, 5.41) is 2.96. The fraction of sp³-hybridized carbons (Fsp3) is 1.00. The molecule has 0 aliphatic heterocycles. The molecule has 4 nitrogen and oxygen atoms in total. The lowest BCUT2D eigenvalue weighted by Crippen LogP contribution is -2.27. The SMILES string of the molecule is CCCS(=O)(=O)CCNCCS(C)=O. The van der Waals surface area contributed by atoms with E-state index in [4.69, 9.17) is 0 Å². The van der Waals surface area contributed by atoms with E-state index in [1.165, 1.54) is 0 Å². The van der Waals surface area contributed by atoms with Crippen LogP contribution in [-0.2, 0) is 20.6 Å². The maximum atomic E-state index is 11.2. The Balaban J connectivity index is 3.49. The molecule has 0 fully saturated rings. The van der Waals surface area contributed by atoms with Crippen LogP contribution in [0.2, 0.25) is 0 Å². The molecule has 0 rings (SSSR count). The van der Waals surface area contributed by atoms with E-state index in [2.05, 4.69) is 5.32 Å². The largest absolute Gasteiger partial charge is 0.315 e. The average Bonchev–Trinajstić information content (AvgIpc) is 2.02. The monoisotopic (exact) mass is 241 g/mol. The second-order valence-corrected chi connectivity index (χ2v) is 7.04. The molecule has 0 saturated carbocycles. The van der Waals surface area contributed by atoms with Crippen molar-refractivity contribution in [3.8, 4) is 0 Å². The topological polar surface area (TPSA) is 63.2 Å². The van der Waals surface area contributed by atoms with Crippen LogP contribution < -0.4 is 5.32 Å². The Kier molecular flexibility index (Phi) is 7.40. The van der Waals surface area contributed by atoms with Crippen molar-refractivity contribution in [2.45, 2.75) is 13.3 Å². The number of nitrogens with one attached hydrogen (secondary N) is 1. The Hall–Kier alpha value is 0.0600. The predicted molar refractivity (Wildman–Crippen MR) is 60.7 cm³/mol. The minimum Gasteiger partial charge on any atom is -0.315 e. The summed E-state index contributed by atoms with van der Waals surface area (Å²) < 4.78 is 33.1. The molecule has 1 unspecified atom stereocenters. The molecule has 1 N–H and O–H groups in total. The lowest BCUT2D eigenvalue weighted by atomic mass is 10.6. The smallest absolute Gasteiger partial charge is 0.151 e. The van der Waals surface area contributed by atoms with Crippen LogP contribution in [0.4, 0.5) is 0 Å². The van der Waals surface area contributed by atoms with Crippen LogP contribution in [-0.4, -0.2) is 49.2 Å². The standard InChI is InChI=1S/C8H19NO3S2/c1-3-7-14(11,12)8-5-9-4-6-13(2)10/h9H,3-8H2,1-2H3. The first kappa shape index (κ1) is 14.1. The van der Waals surface area contributed by atoms with E-state index >= 15 is 0 Å². The first-order valence-electron chi connectivity index (χ1n) is 4.69. The normalized spacial score (nSPS) is 14.1. The molecule has 0 aromatic carbocycles. The van der Waals surface area contributed by atoms with E-state index in [9.17, 15) is 12.6 Å². The van der Waals surface area contributed by atoms with Gasteiger partial charge in [0.05, 0.1) is 5.75 Å². The van der Waals surface area contributed by atoms with Gasteiger partial charge in [0.2, 0.25) is 0 Å². The molecular weight excluding hydrogens is 222 g/mol. The van der Waals surface area contributed by atoms with Gasteiger partial charge in [-0.3, -0.25) is 4.21 Å². The molecule has 0 saturated heterocycles. The molecule has 14 heavy (non-hydrogen) atoms. The van der Waals surface area contributed by atoms with Gasteiger partial charge in [-0.05, 0) is 6.42 Å². The average molecular weight is 241 g/mol. The number of sulfone groups is 1. The van der Waals surface area contributed by atoms with Crippen molar-refractivity contribution in [1.82, 2.24) is 5.32 Å². The highest BCUT2D eigenvalue weighted by molar-refractivity contribution is 7.91. The first-order chi connectivity index (χ1) is 6.48. The van der Waals surface area contributed by atoms with Gasteiger partial charge in [0, 0.05) is 41.7 Å². The minimum absolute atomic E-state index is 0.178. The van der Waals surface area contributed by atoms with Gasteiger partial charge in [-0.25, -0.2) is 8.42 Å². The third kappa shape index (κ3) is 8.65. The number of hydrogen-bond donors (Lipinski definition) is 1. The lowest BCUT2D eigenvalue weighted by molar-refractivity contribution is 0.590. The van der Waals surface area contributed by atoms with E-state index in [1.54, 1.807) is 6.26 Å². The summed E-state index contributed by atoms with van der Waals surface area (Å²) >= 11 is 0. The lowest BCUT2D eigenvalue weighted by Gasteiger charge is -2.04. The van der Waals surface area contributed by atoms with Crippen LogP contribution in [0, 0.1) is 0 Å². The second kappa shape index (κ2) is 7.36. The quantitative estimate of drug-likeness (QED) is 0.597. The predicted octanol–water partition coefficient (Wildman–Crippen LogP) is -0.221. The number of rotatable bonds is 8. The van der Waals surface area contributed by atoms with Gasteiger partial charge >= 0.3 is 0 Å². The van der Waals surface area contributed by atoms with Crippen LogP contribution in [0.5, 0.6) is 0 Å². The van der Waals surface area contributed by atoms with Crippen molar-refractivity contribution < 1.29 is 12.6 Å². The summed E-state index contributed by atoms with van der Waals surface area (Å²) in [6.07, 6.45) is 2.30. The molecule has 6 heteroatoms. The van der Waals surface area contributed by atoms with Gasteiger partial charge in [0.25, 0.3) is 0 Å². The summed E-state index contributed by atoms with van der Waals surface area (Å²) in [7, 11) is -3.68. The summed E-state index contributed by atoms with van der Waals surface area (Å²) in [5.74, 6) is 1.01. The van der Waals surface area contributed by atoms with Crippen molar-refractivity contribution in [2.75, 3.05) is 36.6 Å². The first-order valence-corrected chi connectivity index (χ1v) is 8.24. The zero-order valence-corrected chi connectivity index (χ0v) is 10.4. The highest BCUT2D eigenvalue weighted by Crippen LogP contribution is 1.91. The van der Waals surface area contributed by atoms with E-state index < -0.39 is 20.6 Å². The maximum Gasteiger partial charge on any atom is 0.151 e. The zero-order chi connectivity index (χ0) is 11.0. The Morgan fingerprint density at radius 1 is 1.21 bits per heavy atom. The Morgan fingerprint density at radius 3 is 2.36 bits per heavy atom. The highest BCUT2D eigenvalue weighted by Gasteiger charge is 2.07. The summed E-state index contributed by atoms with van der Waals surface area (Å²) in [5.41, 5.74) is 0. The van der Waals surface area contributed by atoms with Crippen LogP contribution >= 0.6 is 0 Å². The van der Waals surface area contributed by atoms with E-state index in [0.29, 0.717) is 25.3 Å². The van der Waals surface area contributed by atoms with Gasteiger partial charge in [-0.2, -0.15) is 0 Å². The Morgan fingerprint density at radius 2 is 1.86 bits per heavy atom. The van der Waals surface area contributed by atoms with Crippen LogP contribution in [0.3, 0.4) is 0 Å². The Labute approximate surface area is 88.8 Å². The molecule has 86 valence electrons. The molecule has 0 bridgehead atoms. The van der Waals surface area contributed by atoms with Crippen LogP contribution in [0.1, 0.15) is 13.3 Å². The number of hydrogen-bond acceptors (Lipinski definition) is 4. The van der Waals surface area contributed by atoms with Gasteiger partial charge in [0.1, 0.15) is 0 Å². The third-order valence-corrected chi connectivity index (χ3v) is 4.31. The minimum atomic E-state index is -2.87.